The molecule has 3 aromatic carbocycles. The highest BCUT2D eigenvalue weighted by Gasteiger charge is 2.15. The normalized spacial score (nSPS) is 11.6. The van der Waals surface area contributed by atoms with Crippen molar-refractivity contribution in [3.8, 4) is 28.1 Å². The van der Waals surface area contributed by atoms with Crippen LogP contribution in [0.5, 0.6) is 5.75 Å². The molecule has 0 spiro atoms. The number of hydrogen-bond donors (Lipinski definition) is 0. The average Bonchev–Trinajstić information content (AvgIpc) is 2.72. The number of ether oxygens (including phenoxy) is 1. The summed E-state index contributed by atoms with van der Waals surface area (Å²) >= 11 is 0. The maximum atomic E-state index is 14.0. The Hall–Kier alpha value is -3.20. The predicted octanol–water partition coefficient (Wildman–Crippen LogP) is 7.01. The second kappa shape index (κ2) is 7.32. The highest BCUT2D eigenvalue weighted by Crippen LogP contribution is 2.34. The van der Waals surface area contributed by atoms with Gasteiger partial charge in [0.1, 0.15) is 11.6 Å². The number of methoxy groups -OCH3 is 1. The summed E-state index contributed by atoms with van der Waals surface area (Å²) in [7, 11) is 1.65. The Morgan fingerprint density at radius 2 is 1.45 bits per heavy atom. The Kier molecular flexibility index (Phi) is 4.83. The smallest absolute Gasteiger partial charge is 0.123 e. The van der Waals surface area contributed by atoms with Gasteiger partial charge >= 0.3 is 0 Å². The first-order valence-corrected chi connectivity index (χ1v) is 9.71. The molecule has 0 aliphatic carbocycles. The minimum absolute atomic E-state index is 0.0825. The van der Waals surface area contributed by atoms with Gasteiger partial charge in [0.15, 0.2) is 0 Å². The van der Waals surface area contributed by atoms with E-state index in [4.69, 9.17) is 9.72 Å². The van der Waals surface area contributed by atoms with Crippen LogP contribution in [0.15, 0.2) is 72.8 Å². The van der Waals surface area contributed by atoms with Crippen molar-refractivity contribution in [1.82, 2.24) is 4.98 Å². The molecule has 146 valence electrons. The third-order valence-electron chi connectivity index (χ3n) is 5.22. The summed E-state index contributed by atoms with van der Waals surface area (Å²) in [6, 6.07) is 23.1. The van der Waals surface area contributed by atoms with Crippen LogP contribution < -0.4 is 4.74 Å². The molecule has 2 nitrogen and oxygen atoms in total. The highest BCUT2D eigenvalue weighted by atomic mass is 19.1. The summed E-state index contributed by atoms with van der Waals surface area (Å²) in [5, 5.41) is 0.811. The number of hydrogen-bond acceptors (Lipinski definition) is 2. The van der Waals surface area contributed by atoms with Gasteiger partial charge in [0.05, 0.1) is 18.3 Å². The standard InChI is InChI=1S/C26H24FNO/c1-26(2,3)19-9-5-17(6-10-19)22-16-25(18-7-12-21(29-4)13-8-18)28-24-14-11-20(27)15-23(22)24/h5-16H,1-4H3. The zero-order valence-electron chi connectivity index (χ0n) is 17.2. The van der Waals surface area contributed by atoms with Crippen molar-refractivity contribution in [1.29, 1.82) is 0 Å². The van der Waals surface area contributed by atoms with E-state index in [0.717, 1.165) is 39.0 Å². The molecule has 0 bridgehead atoms. The largest absolute Gasteiger partial charge is 0.497 e. The molecule has 0 saturated heterocycles. The number of halogens is 1. The summed E-state index contributed by atoms with van der Waals surface area (Å²) in [5.74, 6) is 0.540. The number of rotatable bonds is 3. The van der Waals surface area contributed by atoms with Gasteiger partial charge in [-0.25, -0.2) is 9.37 Å². The highest BCUT2D eigenvalue weighted by molar-refractivity contribution is 5.96. The zero-order valence-corrected chi connectivity index (χ0v) is 17.2. The van der Waals surface area contributed by atoms with Crippen molar-refractivity contribution in [3.05, 3.63) is 84.2 Å². The maximum Gasteiger partial charge on any atom is 0.123 e. The third-order valence-corrected chi connectivity index (χ3v) is 5.22. The van der Waals surface area contributed by atoms with Crippen LogP contribution in [0.4, 0.5) is 4.39 Å². The number of pyridine rings is 1. The Morgan fingerprint density at radius 3 is 2.07 bits per heavy atom. The molecule has 4 aromatic rings. The van der Waals surface area contributed by atoms with Crippen LogP contribution in [-0.4, -0.2) is 12.1 Å². The molecule has 1 aromatic heterocycles. The molecule has 3 heteroatoms. The van der Waals surface area contributed by atoms with E-state index in [1.807, 2.05) is 30.3 Å². The van der Waals surface area contributed by atoms with Crippen molar-refractivity contribution < 1.29 is 9.13 Å². The monoisotopic (exact) mass is 385 g/mol. The summed E-state index contributed by atoms with van der Waals surface area (Å²) in [6.45, 7) is 6.59. The lowest BCUT2D eigenvalue weighted by atomic mass is 9.86. The van der Waals surface area contributed by atoms with Crippen LogP contribution in [0.25, 0.3) is 33.3 Å². The zero-order chi connectivity index (χ0) is 20.6. The van der Waals surface area contributed by atoms with Crippen LogP contribution in [0.3, 0.4) is 0 Å². The van der Waals surface area contributed by atoms with E-state index >= 15 is 0 Å². The molecule has 0 atom stereocenters. The fourth-order valence-corrected chi connectivity index (χ4v) is 3.50. The second-order valence-corrected chi connectivity index (χ2v) is 8.27. The van der Waals surface area contributed by atoms with E-state index in [9.17, 15) is 4.39 Å². The van der Waals surface area contributed by atoms with E-state index in [2.05, 4.69) is 45.0 Å². The van der Waals surface area contributed by atoms with Crippen molar-refractivity contribution in [3.63, 3.8) is 0 Å². The minimum atomic E-state index is -0.260. The van der Waals surface area contributed by atoms with E-state index in [-0.39, 0.29) is 11.2 Å². The van der Waals surface area contributed by atoms with E-state index in [1.54, 1.807) is 19.2 Å². The number of benzene rings is 3. The lowest BCUT2D eigenvalue weighted by Gasteiger charge is -2.19. The van der Waals surface area contributed by atoms with Crippen LogP contribution in [0, 0.1) is 5.82 Å². The van der Waals surface area contributed by atoms with Gasteiger partial charge in [0, 0.05) is 10.9 Å². The first kappa shape index (κ1) is 19.1. The first-order valence-electron chi connectivity index (χ1n) is 9.71. The topological polar surface area (TPSA) is 22.1 Å². The van der Waals surface area contributed by atoms with Crippen molar-refractivity contribution in [2.75, 3.05) is 7.11 Å². The molecule has 0 fully saturated rings. The SMILES string of the molecule is COc1ccc(-c2cc(-c3ccc(C(C)(C)C)cc3)c3cc(F)ccc3n2)cc1. The predicted molar refractivity (Wildman–Crippen MR) is 118 cm³/mol. The Morgan fingerprint density at radius 1 is 0.793 bits per heavy atom. The Labute approximate surface area is 171 Å². The van der Waals surface area contributed by atoms with Gasteiger partial charge in [0.25, 0.3) is 0 Å². The second-order valence-electron chi connectivity index (χ2n) is 8.27. The van der Waals surface area contributed by atoms with Crippen molar-refractivity contribution in [2.24, 2.45) is 0 Å². The van der Waals surface area contributed by atoms with Gasteiger partial charge in [-0.3, -0.25) is 0 Å². The molecule has 1 heterocycles. The number of aromatic nitrogens is 1. The number of fused-ring (bicyclic) bond motifs is 1. The van der Waals surface area contributed by atoms with Gasteiger partial charge in [-0.2, -0.15) is 0 Å². The lowest BCUT2D eigenvalue weighted by molar-refractivity contribution is 0.415. The molecule has 0 aliphatic rings. The quantitative estimate of drug-likeness (QED) is 0.378. The molecule has 0 N–H and O–H groups in total. The van der Waals surface area contributed by atoms with Gasteiger partial charge < -0.3 is 4.74 Å². The average molecular weight is 385 g/mol. The molecular weight excluding hydrogens is 361 g/mol. The fourth-order valence-electron chi connectivity index (χ4n) is 3.50. The fraction of sp³-hybridized carbons (Fsp3) is 0.192. The van der Waals surface area contributed by atoms with Crippen molar-refractivity contribution in [2.45, 2.75) is 26.2 Å². The first-order chi connectivity index (χ1) is 13.8. The van der Waals surface area contributed by atoms with Gasteiger partial charge in [-0.05, 0) is 70.6 Å². The summed E-state index contributed by atoms with van der Waals surface area (Å²) in [5.41, 5.74) is 5.98. The molecule has 4 rings (SSSR count). The van der Waals surface area contributed by atoms with Crippen LogP contribution >= 0.6 is 0 Å². The molecule has 0 unspecified atom stereocenters. The molecule has 0 amide bonds. The Bertz CT molecular complexity index is 1160. The molecule has 0 saturated carbocycles. The van der Waals surface area contributed by atoms with Crippen LogP contribution in [-0.2, 0) is 5.41 Å². The van der Waals surface area contributed by atoms with Gasteiger partial charge in [-0.1, -0.05) is 45.0 Å². The van der Waals surface area contributed by atoms with E-state index in [1.165, 1.54) is 11.6 Å². The molecule has 29 heavy (non-hydrogen) atoms. The minimum Gasteiger partial charge on any atom is -0.497 e. The van der Waals surface area contributed by atoms with Crippen LogP contribution in [0.2, 0.25) is 0 Å². The summed E-state index contributed by atoms with van der Waals surface area (Å²) in [6.07, 6.45) is 0. The summed E-state index contributed by atoms with van der Waals surface area (Å²) < 4.78 is 19.3. The molecular formula is C26H24FNO. The van der Waals surface area contributed by atoms with E-state index in [0.29, 0.717) is 0 Å². The van der Waals surface area contributed by atoms with E-state index < -0.39 is 0 Å². The lowest BCUT2D eigenvalue weighted by Crippen LogP contribution is -2.10. The van der Waals surface area contributed by atoms with Gasteiger partial charge in [0.2, 0.25) is 0 Å². The van der Waals surface area contributed by atoms with Crippen LogP contribution in [0.1, 0.15) is 26.3 Å². The number of nitrogens with zero attached hydrogens (tertiary/aromatic N) is 1. The van der Waals surface area contributed by atoms with Crippen molar-refractivity contribution >= 4 is 10.9 Å². The van der Waals surface area contributed by atoms with Gasteiger partial charge in [-0.15, -0.1) is 0 Å². The molecule has 0 radical (unpaired) electrons. The summed E-state index contributed by atoms with van der Waals surface area (Å²) in [4.78, 5) is 4.78. The molecule has 0 aliphatic heterocycles. The maximum absolute atomic E-state index is 14.0. The third kappa shape index (κ3) is 3.86. The Balaban J connectivity index is 1.90.